The van der Waals surface area contributed by atoms with Gasteiger partial charge in [0.1, 0.15) is 6.54 Å². The number of carbonyl (C=O) groups is 2. The zero-order valence-electron chi connectivity index (χ0n) is 7.78. The van der Waals surface area contributed by atoms with Gasteiger partial charge in [0, 0.05) is 0 Å². The normalized spacial score (nSPS) is 9.50. The number of hydrogen-bond acceptors (Lipinski definition) is 4. The van der Waals surface area contributed by atoms with Crippen LogP contribution in [0.3, 0.4) is 0 Å². The highest BCUT2D eigenvalue weighted by Crippen LogP contribution is 1.98. The molecule has 1 N–H and O–H groups in total. The third-order valence-corrected chi connectivity index (χ3v) is 1.44. The number of esters is 1. The van der Waals surface area contributed by atoms with Gasteiger partial charge < -0.3 is 14.5 Å². The lowest BCUT2D eigenvalue weighted by molar-refractivity contribution is -0.141. The lowest BCUT2D eigenvalue weighted by Crippen LogP contribution is -2.30. The molecule has 1 heterocycles. The summed E-state index contributed by atoms with van der Waals surface area (Å²) in [6.45, 7) is 1.86. The zero-order valence-corrected chi connectivity index (χ0v) is 7.78. The number of nitrogens with one attached hydrogen (secondary N) is 1. The molecular formula is C9H11NO4. The first-order valence-electron chi connectivity index (χ1n) is 4.21. The molecule has 1 rings (SSSR count). The molecule has 0 aromatic carbocycles. The van der Waals surface area contributed by atoms with Crippen LogP contribution in [0.5, 0.6) is 0 Å². The van der Waals surface area contributed by atoms with Crippen molar-refractivity contribution >= 4 is 11.9 Å². The maximum Gasteiger partial charge on any atom is 0.325 e. The van der Waals surface area contributed by atoms with E-state index in [1.54, 1.807) is 13.0 Å². The lowest BCUT2D eigenvalue weighted by Gasteiger charge is -2.02. The van der Waals surface area contributed by atoms with Crippen LogP contribution in [0.1, 0.15) is 17.5 Å². The average Bonchev–Trinajstić information content (AvgIpc) is 2.67. The van der Waals surface area contributed by atoms with Gasteiger partial charge in [0.2, 0.25) is 0 Å². The number of furan rings is 1. The van der Waals surface area contributed by atoms with E-state index in [0.29, 0.717) is 6.61 Å². The van der Waals surface area contributed by atoms with Crippen molar-refractivity contribution in [2.24, 2.45) is 0 Å². The Labute approximate surface area is 81.0 Å². The van der Waals surface area contributed by atoms with E-state index >= 15 is 0 Å². The number of hydrogen-bond donors (Lipinski definition) is 1. The largest absolute Gasteiger partial charge is 0.465 e. The molecule has 1 aromatic rings. The first-order valence-corrected chi connectivity index (χ1v) is 4.21. The smallest absolute Gasteiger partial charge is 0.325 e. The molecule has 0 radical (unpaired) electrons. The van der Waals surface area contributed by atoms with Crippen LogP contribution in [-0.2, 0) is 9.53 Å². The fourth-order valence-electron chi connectivity index (χ4n) is 0.859. The quantitative estimate of drug-likeness (QED) is 0.716. The standard InChI is InChI=1S/C9H11NO4/c1-2-13-8(11)6-10-9(12)7-4-3-5-14-7/h3-5H,2,6H2,1H3,(H,10,12). The van der Waals surface area contributed by atoms with E-state index in [-0.39, 0.29) is 12.3 Å². The summed E-state index contributed by atoms with van der Waals surface area (Å²) in [5.41, 5.74) is 0. The summed E-state index contributed by atoms with van der Waals surface area (Å²) in [5, 5.41) is 2.36. The van der Waals surface area contributed by atoms with E-state index in [1.807, 2.05) is 0 Å². The second-order valence-electron chi connectivity index (χ2n) is 2.47. The topological polar surface area (TPSA) is 68.5 Å². The predicted molar refractivity (Wildman–Crippen MR) is 47.7 cm³/mol. The van der Waals surface area contributed by atoms with Gasteiger partial charge in [0.15, 0.2) is 5.76 Å². The highest BCUT2D eigenvalue weighted by Gasteiger charge is 2.09. The van der Waals surface area contributed by atoms with Crippen molar-refractivity contribution in [1.82, 2.24) is 5.32 Å². The molecule has 0 aliphatic carbocycles. The van der Waals surface area contributed by atoms with Crippen LogP contribution in [0.25, 0.3) is 0 Å². The van der Waals surface area contributed by atoms with Crippen LogP contribution in [0.2, 0.25) is 0 Å². The van der Waals surface area contributed by atoms with Crippen LogP contribution in [0.15, 0.2) is 22.8 Å². The number of ether oxygens (including phenoxy) is 1. The van der Waals surface area contributed by atoms with Gasteiger partial charge in [-0.1, -0.05) is 0 Å². The van der Waals surface area contributed by atoms with Crippen molar-refractivity contribution in [3.8, 4) is 0 Å². The Bertz CT molecular complexity index is 305. The van der Waals surface area contributed by atoms with E-state index in [1.165, 1.54) is 12.3 Å². The third-order valence-electron chi connectivity index (χ3n) is 1.44. The van der Waals surface area contributed by atoms with E-state index in [0.717, 1.165) is 0 Å². The van der Waals surface area contributed by atoms with Crippen molar-refractivity contribution in [1.29, 1.82) is 0 Å². The van der Waals surface area contributed by atoms with Gasteiger partial charge in [0.05, 0.1) is 12.9 Å². The number of rotatable bonds is 4. The fourth-order valence-corrected chi connectivity index (χ4v) is 0.859. The van der Waals surface area contributed by atoms with Crippen LogP contribution >= 0.6 is 0 Å². The monoisotopic (exact) mass is 197 g/mol. The molecule has 0 aliphatic rings. The Morgan fingerprint density at radius 2 is 2.36 bits per heavy atom. The van der Waals surface area contributed by atoms with Gasteiger partial charge in [-0.2, -0.15) is 0 Å². The molecule has 0 atom stereocenters. The zero-order chi connectivity index (χ0) is 10.4. The Morgan fingerprint density at radius 1 is 1.57 bits per heavy atom. The Kier molecular flexibility index (Phi) is 3.72. The Hall–Kier alpha value is -1.78. The molecule has 0 spiro atoms. The van der Waals surface area contributed by atoms with E-state index < -0.39 is 11.9 Å². The molecule has 0 fully saturated rings. The molecule has 5 nitrogen and oxygen atoms in total. The first-order chi connectivity index (χ1) is 6.74. The third kappa shape index (κ3) is 2.93. The van der Waals surface area contributed by atoms with Crippen LogP contribution in [0.4, 0.5) is 0 Å². The maximum absolute atomic E-state index is 11.2. The maximum atomic E-state index is 11.2. The molecule has 1 amide bonds. The molecule has 0 unspecified atom stereocenters. The minimum Gasteiger partial charge on any atom is -0.465 e. The van der Waals surface area contributed by atoms with Gasteiger partial charge in [-0.3, -0.25) is 9.59 Å². The first kappa shape index (κ1) is 10.3. The molecule has 76 valence electrons. The molecule has 5 heteroatoms. The van der Waals surface area contributed by atoms with Gasteiger partial charge in [-0.25, -0.2) is 0 Å². The predicted octanol–water partition coefficient (Wildman–Crippen LogP) is 0.572. The van der Waals surface area contributed by atoms with Crippen LogP contribution in [-0.4, -0.2) is 25.0 Å². The van der Waals surface area contributed by atoms with Crippen molar-refractivity contribution in [3.63, 3.8) is 0 Å². The minimum atomic E-state index is -0.465. The number of carbonyl (C=O) groups excluding carboxylic acids is 2. The molecule has 0 aliphatic heterocycles. The van der Waals surface area contributed by atoms with Crippen molar-refractivity contribution in [3.05, 3.63) is 24.2 Å². The summed E-state index contributed by atoms with van der Waals surface area (Å²) < 4.78 is 9.45. The van der Waals surface area contributed by atoms with Gasteiger partial charge >= 0.3 is 5.97 Å². The van der Waals surface area contributed by atoms with Crippen molar-refractivity contribution in [2.75, 3.05) is 13.2 Å². The molecule has 0 saturated heterocycles. The molecular weight excluding hydrogens is 186 g/mol. The Balaban J connectivity index is 2.32. The Morgan fingerprint density at radius 3 is 2.93 bits per heavy atom. The van der Waals surface area contributed by atoms with Crippen LogP contribution in [0, 0.1) is 0 Å². The van der Waals surface area contributed by atoms with Crippen molar-refractivity contribution < 1.29 is 18.7 Å². The van der Waals surface area contributed by atoms with Gasteiger partial charge in [0.25, 0.3) is 5.91 Å². The van der Waals surface area contributed by atoms with E-state index in [4.69, 9.17) is 4.42 Å². The molecule has 1 aromatic heterocycles. The summed E-state index contributed by atoms with van der Waals surface area (Å²) in [7, 11) is 0. The fraction of sp³-hybridized carbons (Fsp3) is 0.333. The SMILES string of the molecule is CCOC(=O)CNC(=O)c1ccco1. The highest BCUT2D eigenvalue weighted by atomic mass is 16.5. The van der Waals surface area contributed by atoms with Crippen molar-refractivity contribution in [2.45, 2.75) is 6.92 Å². The second kappa shape index (κ2) is 5.06. The summed E-state index contributed by atoms with van der Waals surface area (Å²) in [6, 6.07) is 3.11. The summed E-state index contributed by atoms with van der Waals surface area (Å²) in [4.78, 5) is 22.1. The minimum absolute atomic E-state index is 0.145. The summed E-state index contributed by atoms with van der Waals surface area (Å²) in [6.07, 6.45) is 1.39. The lowest BCUT2D eigenvalue weighted by atomic mass is 10.4. The van der Waals surface area contributed by atoms with E-state index in [9.17, 15) is 9.59 Å². The molecule has 14 heavy (non-hydrogen) atoms. The average molecular weight is 197 g/mol. The second-order valence-corrected chi connectivity index (χ2v) is 2.47. The number of amides is 1. The summed E-state index contributed by atoms with van der Waals surface area (Å²) >= 11 is 0. The van der Waals surface area contributed by atoms with Crippen LogP contribution < -0.4 is 5.32 Å². The molecule has 0 saturated carbocycles. The summed E-state index contributed by atoms with van der Waals surface area (Å²) in [5.74, 6) is -0.718. The molecule has 0 bridgehead atoms. The van der Waals surface area contributed by atoms with Gasteiger partial charge in [-0.05, 0) is 19.1 Å². The van der Waals surface area contributed by atoms with E-state index in [2.05, 4.69) is 10.1 Å². The highest BCUT2D eigenvalue weighted by molar-refractivity contribution is 5.93. The van der Waals surface area contributed by atoms with Gasteiger partial charge in [-0.15, -0.1) is 0 Å².